The lowest BCUT2D eigenvalue weighted by molar-refractivity contribution is 0.0692. The second kappa shape index (κ2) is 6.64. The van der Waals surface area contributed by atoms with Crippen LogP contribution in [0.2, 0.25) is 0 Å². The number of carbonyl (C=O) groups excluding carboxylic acids is 1. The molecule has 0 radical (unpaired) electrons. The average molecular weight is 367 g/mol. The van der Waals surface area contributed by atoms with Crippen LogP contribution in [-0.2, 0) is 6.42 Å². The molecular formula is C24H21N3O. The molecule has 2 aromatic carbocycles. The molecule has 0 fully saturated rings. The van der Waals surface area contributed by atoms with E-state index in [1.54, 1.807) is 6.20 Å². The number of aromatic nitrogens is 2. The van der Waals surface area contributed by atoms with Crippen molar-refractivity contribution >= 4 is 16.8 Å². The maximum absolute atomic E-state index is 13.4. The van der Waals surface area contributed by atoms with Gasteiger partial charge in [0.2, 0.25) is 0 Å². The number of fused-ring (bicyclic) bond motifs is 3. The average Bonchev–Trinajstić information content (AvgIpc) is 3.12. The second-order valence-electron chi connectivity index (χ2n) is 7.37. The first-order valence-electron chi connectivity index (χ1n) is 9.59. The molecule has 0 bridgehead atoms. The molecule has 0 aliphatic carbocycles. The van der Waals surface area contributed by atoms with Crippen LogP contribution < -0.4 is 0 Å². The van der Waals surface area contributed by atoms with Crippen molar-refractivity contribution < 1.29 is 4.79 Å². The van der Waals surface area contributed by atoms with Crippen LogP contribution in [0.25, 0.3) is 10.9 Å². The molecule has 4 nitrogen and oxygen atoms in total. The minimum absolute atomic E-state index is 0.0539. The van der Waals surface area contributed by atoms with Gasteiger partial charge in [0.1, 0.15) is 0 Å². The molecule has 1 aliphatic heterocycles. The molecule has 0 spiro atoms. The van der Waals surface area contributed by atoms with Crippen molar-refractivity contribution in [1.29, 1.82) is 0 Å². The van der Waals surface area contributed by atoms with Crippen molar-refractivity contribution in [3.05, 3.63) is 101 Å². The van der Waals surface area contributed by atoms with Crippen LogP contribution in [0.3, 0.4) is 0 Å². The molecule has 1 unspecified atom stereocenters. The number of nitrogens with zero attached hydrogens (tertiary/aromatic N) is 2. The molecule has 0 saturated carbocycles. The predicted molar refractivity (Wildman–Crippen MR) is 110 cm³/mol. The summed E-state index contributed by atoms with van der Waals surface area (Å²) >= 11 is 0. The summed E-state index contributed by atoms with van der Waals surface area (Å²) < 4.78 is 0. The quantitative estimate of drug-likeness (QED) is 0.560. The molecule has 138 valence electrons. The lowest BCUT2D eigenvalue weighted by Crippen LogP contribution is -2.40. The van der Waals surface area contributed by atoms with Gasteiger partial charge in [-0.1, -0.05) is 42.0 Å². The van der Waals surface area contributed by atoms with Gasteiger partial charge in [-0.15, -0.1) is 0 Å². The zero-order valence-electron chi connectivity index (χ0n) is 15.7. The molecule has 2 aromatic heterocycles. The number of amides is 1. The maximum Gasteiger partial charge on any atom is 0.254 e. The summed E-state index contributed by atoms with van der Waals surface area (Å²) in [4.78, 5) is 23.3. The number of pyridine rings is 1. The molecule has 5 rings (SSSR count). The molecule has 1 atom stereocenters. The molecule has 1 aliphatic rings. The Morgan fingerprint density at radius 2 is 1.89 bits per heavy atom. The van der Waals surface area contributed by atoms with Gasteiger partial charge in [0.15, 0.2) is 0 Å². The van der Waals surface area contributed by atoms with E-state index in [0.29, 0.717) is 6.54 Å². The van der Waals surface area contributed by atoms with E-state index in [-0.39, 0.29) is 11.9 Å². The molecule has 28 heavy (non-hydrogen) atoms. The number of aryl methyl sites for hydroxylation is 1. The Morgan fingerprint density at radius 3 is 2.68 bits per heavy atom. The first-order valence-corrected chi connectivity index (χ1v) is 9.59. The summed E-state index contributed by atoms with van der Waals surface area (Å²) in [5.41, 5.74) is 6.41. The fraction of sp³-hybridized carbons (Fsp3) is 0.167. The highest BCUT2D eigenvalue weighted by Crippen LogP contribution is 2.38. The van der Waals surface area contributed by atoms with Gasteiger partial charge in [0, 0.05) is 41.1 Å². The Kier molecular flexibility index (Phi) is 3.97. The normalized spacial score (nSPS) is 16.2. The Balaban J connectivity index is 1.65. The number of H-pyrrole nitrogens is 1. The first-order chi connectivity index (χ1) is 13.7. The molecule has 3 heterocycles. The van der Waals surface area contributed by atoms with Crippen molar-refractivity contribution in [1.82, 2.24) is 14.9 Å². The number of benzene rings is 2. The highest BCUT2D eigenvalue weighted by atomic mass is 16.2. The largest absolute Gasteiger partial charge is 0.356 e. The van der Waals surface area contributed by atoms with Gasteiger partial charge >= 0.3 is 0 Å². The third-order valence-electron chi connectivity index (χ3n) is 5.59. The Hall–Kier alpha value is -3.40. The zero-order valence-corrected chi connectivity index (χ0v) is 15.7. The van der Waals surface area contributed by atoms with E-state index in [2.05, 4.69) is 28.2 Å². The van der Waals surface area contributed by atoms with Crippen molar-refractivity contribution in [2.75, 3.05) is 6.54 Å². The van der Waals surface area contributed by atoms with Crippen LogP contribution >= 0.6 is 0 Å². The minimum atomic E-state index is -0.168. The van der Waals surface area contributed by atoms with Crippen LogP contribution in [0.1, 0.15) is 38.8 Å². The van der Waals surface area contributed by atoms with Gasteiger partial charge in [-0.05, 0) is 48.7 Å². The molecule has 4 aromatic rings. The molecule has 4 heteroatoms. The Bertz CT molecular complexity index is 1150. The second-order valence-corrected chi connectivity index (χ2v) is 7.37. The van der Waals surface area contributed by atoms with E-state index >= 15 is 0 Å². The fourth-order valence-corrected chi connectivity index (χ4v) is 4.21. The van der Waals surface area contributed by atoms with Gasteiger partial charge in [0.05, 0.1) is 6.04 Å². The monoisotopic (exact) mass is 367 g/mol. The zero-order chi connectivity index (χ0) is 19.1. The third-order valence-corrected chi connectivity index (χ3v) is 5.59. The van der Waals surface area contributed by atoms with Crippen LogP contribution in [0.4, 0.5) is 0 Å². The van der Waals surface area contributed by atoms with E-state index in [9.17, 15) is 4.79 Å². The van der Waals surface area contributed by atoms with Gasteiger partial charge in [-0.3, -0.25) is 9.78 Å². The summed E-state index contributed by atoms with van der Waals surface area (Å²) in [6.45, 7) is 2.71. The number of hydrogen-bond donors (Lipinski definition) is 1. The summed E-state index contributed by atoms with van der Waals surface area (Å²) in [5.74, 6) is 0.0539. The standard InChI is InChI=1S/C24H21N3O/c1-16-8-10-17(11-9-16)24(28)27-14-12-20-19-6-2-3-7-21(19)26-22(20)23(27)18-5-4-13-25-15-18/h2-11,13,15,23,26H,12,14H2,1H3. The lowest BCUT2D eigenvalue weighted by atomic mass is 9.92. The number of aromatic amines is 1. The van der Waals surface area contributed by atoms with E-state index < -0.39 is 0 Å². The fourth-order valence-electron chi connectivity index (χ4n) is 4.21. The van der Waals surface area contributed by atoms with Gasteiger partial charge in [0.25, 0.3) is 5.91 Å². The van der Waals surface area contributed by atoms with E-state index in [4.69, 9.17) is 0 Å². The van der Waals surface area contributed by atoms with Crippen molar-refractivity contribution in [3.8, 4) is 0 Å². The van der Waals surface area contributed by atoms with Crippen LogP contribution in [0, 0.1) is 6.92 Å². The van der Waals surface area contributed by atoms with Crippen LogP contribution in [0.15, 0.2) is 73.1 Å². The summed E-state index contributed by atoms with van der Waals surface area (Å²) in [7, 11) is 0. The van der Waals surface area contributed by atoms with E-state index in [0.717, 1.165) is 34.3 Å². The topological polar surface area (TPSA) is 49.0 Å². The highest BCUT2D eigenvalue weighted by Gasteiger charge is 2.34. The Labute approximate surface area is 163 Å². The molecule has 1 amide bonds. The van der Waals surface area contributed by atoms with Crippen LogP contribution in [0.5, 0.6) is 0 Å². The predicted octanol–water partition coefficient (Wildman–Crippen LogP) is 4.66. The number of para-hydroxylation sites is 1. The number of carbonyl (C=O) groups is 1. The number of nitrogens with one attached hydrogen (secondary N) is 1. The van der Waals surface area contributed by atoms with Gasteiger partial charge in [-0.25, -0.2) is 0 Å². The highest BCUT2D eigenvalue weighted by molar-refractivity contribution is 5.95. The smallest absolute Gasteiger partial charge is 0.254 e. The van der Waals surface area contributed by atoms with Crippen molar-refractivity contribution in [2.45, 2.75) is 19.4 Å². The van der Waals surface area contributed by atoms with E-state index in [1.807, 2.05) is 60.5 Å². The third kappa shape index (κ3) is 2.69. The Morgan fingerprint density at radius 1 is 1.07 bits per heavy atom. The lowest BCUT2D eigenvalue weighted by Gasteiger charge is -2.36. The summed E-state index contributed by atoms with van der Waals surface area (Å²) in [5, 5.41) is 1.24. The molecule has 0 saturated heterocycles. The summed E-state index contributed by atoms with van der Waals surface area (Å²) in [6.07, 6.45) is 4.47. The van der Waals surface area contributed by atoms with Gasteiger partial charge in [-0.2, -0.15) is 0 Å². The minimum Gasteiger partial charge on any atom is -0.356 e. The molecule has 1 N–H and O–H groups in total. The number of hydrogen-bond acceptors (Lipinski definition) is 2. The van der Waals surface area contributed by atoms with Crippen molar-refractivity contribution in [3.63, 3.8) is 0 Å². The van der Waals surface area contributed by atoms with Crippen molar-refractivity contribution in [2.24, 2.45) is 0 Å². The van der Waals surface area contributed by atoms with Crippen LogP contribution in [-0.4, -0.2) is 27.3 Å². The number of rotatable bonds is 2. The summed E-state index contributed by atoms with van der Waals surface area (Å²) in [6, 6.07) is 20.0. The van der Waals surface area contributed by atoms with E-state index in [1.165, 1.54) is 10.9 Å². The molecular weight excluding hydrogens is 346 g/mol. The SMILES string of the molecule is Cc1ccc(C(=O)N2CCc3c([nH]c4ccccc34)C2c2cccnc2)cc1. The maximum atomic E-state index is 13.4. The first kappa shape index (κ1) is 16.8. The van der Waals surface area contributed by atoms with Gasteiger partial charge < -0.3 is 9.88 Å².